The Kier molecular flexibility index (Phi) is 4.46. The SMILES string of the molecule is COc1ccc(-n2c(C)c(C)c3c(NCc4ccccn4)ncnc32)cc1. The van der Waals surface area contributed by atoms with Crippen molar-refractivity contribution in [1.29, 1.82) is 0 Å². The Bertz CT molecular complexity index is 1070. The van der Waals surface area contributed by atoms with Crippen molar-refractivity contribution in [3.05, 3.63) is 71.9 Å². The molecule has 0 aliphatic carbocycles. The minimum Gasteiger partial charge on any atom is -0.497 e. The lowest BCUT2D eigenvalue weighted by atomic mass is 10.2. The van der Waals surface area contributed by atoms with Gasteiger partial charge < -0.3 is 10.1 Å². The van der Waals surface area contributed by atoms with Crippen molar-refractivity contribution in [2.24, 2.45) is 0 Å². The molecule has 0 spiro atoms. The number of aromatic nitrogens is 4. The number of nitrogens with one attached hydrogen (secondary N) is 1. The van der Waals surface area contributed by atoms with Crippen LogP contribution >= 0.6 is 0 Å². The molecule has 0 unspecified atom stereocenters. The maximum atomic E-state index is 5.27. The van der Waals surface area contributed by atoms with Crippen LogP contribution in [0.2, 0.25) is 0 Å². The number of anilines is 1. The topological polar surface area (TPSA) is 64.9 Å². The van der Waals surface area contributed by atoms with Crippen molar-refractivity contribution in [1.82, 2.24) is 19.5 Å². The molecule has 3 heterocycles. The summed E-state index contributed by atoms with van der Waals surface area (Å²) in [5, 5.41) is 4.44. The van der Waals surface area contributed by atoms with Crippen LogP contribution in [0.4, 0.5) is 5.82 Å². The lowest BCUT2D eigenvalue weighted by molar-refractivity contribution is 0.415. The van der Waals surface area contributed by atoms with Gasteiger partial charge in [0.2, 0.25) is 0 Å². The standard InChI is InChI=1S/C21H21N5O/c1-14-15(2)26(17-7-9-18(27-3)10-8-17)21-19(14)20(24-13-25-21)23-12-16-6-4-5-11-22-16/h4-11,13H,12H2,1-3H3,(H,23,24,25). The summed E-state index contributed by atoms with van der Waals surface area (Å²) in [6, 6.07) is 13.9. The average Bonchev–Trinajstić information content (AvgIpc) is 2.98. The average molecular weight is 359 g/mol. The second kappa shape index (κ2) is 7.07. The van der Waals surface area contributed by atoms with E-state index in [4.69, 9.17) is 4.74 Å². The van der Waals surface area contributed by atoms with Crippen LogP contribution in [-0.4, -0.2) is 26.6 Å². The van der Waals surface area contributed by atoms with Crippen LogP contribution in [0.3, 0.4) is 0 Å². The summed E-state index contributed by atoms with van der Waals surface area (Å²) >= 11 is 0. The van der Waals surface area contributed by atoms with Gasteiger partial charge >= 0.3 is 0 Å². The number of rotatable bonds is 5. The second-order valence-electron chi connectivity index (χ2n) is 6.34. The zero-order chi connectivity index (χ0) is 18.8. The largest absolute Gasteiger partial charge is 0.497 e. The number of methoxy groups -OCH3 is 1. The van der Waals surface area contributed by atoms with E-state index < -0.39 is 0 Å². The molecule has 0 atom stereocenters. The van der Waals surface area contributed by atoms with Gasteiger partial charge in [-0.15, -0.1) is 0 Å². The Morgan fingerprint density at radius 2 is 1.81 bits per heavy atom. The number of pyridine rings is 1. The van der Waals surface area contributed by atoms with Crippen molar-refractivity contribution in [3.8, 4) is 11.4 Å². The summed E-state index contributed by atoms with van der Waals surface area (Å²) in [6.45, 7) is 4.82. The van der Waals surface area contributed by atoms with Crippen LogP contribution in [0.5, 0.6) is 5.75 Å². The van der Waals surface area contributed by atoms with Gasteiger partial charge in [-0.3, -0.25) is 9.55 Å². The second-order valence-corrected chi connectivity index (χ2v) is 6.34. The molecule has 3 aromatic heterocycles. The molecule has 0 saturated heterocycles. The van der Waals surface area contributed by atoms with Gasteiger partial charge in [0.15, 0.2) is 5.65 Å². The van der Waals surface area contributed by atoms with E-state index in [-0.39, 0.29) is 0 Å². The summed E-state index contributed by atoms with van der Waals surface area (Å²) in [6.07, 6.45) is 3.39. The summed E-state index contributed by atoms with van der Waals surface area (Å²) in [5.41, 5.74) is 5.18. The monoisotopic (exact) mass is 359 g/mol. The van der Waals surface area contributed by atoms with Crippen LogP contribution in [0, 0.1) is 13.8 Å². The number of ether oxygens (including phenoxy) is 1. The highest BCUT2D eigenvalue weighted by Crippen LogP contribution is 2.31. The van der Waals surface area contributed by atoms with Gasteiger partial charge in [0.25, 0.3) is 0 Å². The van der Waals surface area contributed by atoms with E-state index in [1.807, 2.05) is 42.5 Å². The highest BCUT2D eigenvalue weighted by atomic mass is 16.5. The van der Waals surface area contributed by atoms with Crippen molar-refractivity contribution in [2.75, 3.05) is 12.4 Å². The van der Waals surface area contributed by atoms with Gasteiger partial charge in [0.1, 0.15) is 17.9 Å². The zero-order valence-corrected chi connectivity index (χ0v) is 15.6. The summed E-state index contributed by atoms with van der Waals surface area (Å²) in [7, 11) is 1.67. The molecule has 27 heavy (non-hydrogen) atoms. The molecule has 1 N–H and O–H groups in total. The van der Waals surface area contributed by atoms with Gasteiger partial charge in [0, 0.05) is 17.6 Å². The predicted octanol–water partition coefficient (Wildman–Crippen LogP) is 4.05. The molecule has 0 radical (unpaired) electrons. The van der Waals surface area contributed by atoms with E-state index in [2.05, 4.69) is 38.7 Å². The quantitative estimate of drug-likeness (QED) is 0.582. The molecular weight excluding hydrogens is 338 g/mol. The molecule has 1 aromatic carbocycles. The highest BCUT2D eigenvalue weighted by Gasteiger charge is 2.17. The van der Waals surface area contributed by atoms with Crippen LogP contribution < -0.4 is 10.1 Å². The van der Waals surface area contributed by atoms with Gasteiger partial charge in [-0.2, -0.15) is 0 Å². The van der Waals surface area contributed by atoms with Gasteiger partial charge in [-0.25, -0.2) is 9.97 Å². The Morgan fingerprint density at radius 3 is 2.52 bits per heavy atom. The van der Waals surface area contributed by atoms with Gasteiger partial charge in [-0.05, 0) is 55.8 Å². The number of nitrogens with zero attached hydrogens (tertiary/aromatic N) is 4. The van der Waals surface area contributed by atoms with E-state index in [0.29, 0.717) is 6.54 Å². The molecular formula is C21H21N5O. The Hall–Kier alpha value is -3.41. The van der Waals surface area contributed by atoms with E-state index in [0.717, 1.165) is 45.2 Å². The third-order valence-electron chi connectivity index (χ3n) is 4.79. The minimum atomic E-state index is 0.610. The maximum Gasteiger partial charge on any atom is 0.150 e. The van der Waals surface area contributed by atoms with E-state index >= 15 is 0 Å². The van der Waals surface area contributed by atoms with Crippen LogP contribution in [-0.2, 0) is 6.54 Å². The molecule has 0 fully saturated rings. The first kappa shape index (κ1) is 17.0. The van der Waals surface area contributed by atoms with E-state index in [9.17, 15) is 0 Å². The van der Waals surface area contributed by atoms with Crippen LogP contribution in [0.1, 0.15) is 17.0 Å². The third kappa shape index (κ3) is 3.10. The summed E-state index contributed by atoms with van der Waals surface area (Å²) in [5.74, 6) is 1.65. The van der Waals surface area contributed by atoms with Gasteiger partial charge in [-0.1, -0.05) is 6.07 Å². The Balaban J connectivity index is 1.77. The fourth-order valence-electron chi connectivity index (χ4n) is 3.26. The molecule has 4 aromatic rings. The molecule has 6 nitrogen and oxygen atoms in total. The van der Waals surface area contributed by atoms with Gasteiger partial charge in [0.05, 0.1) is 24.7 Å². The van der Waals surface area contributed by atoms with Crippen molar-refractivity contribution in [3.63, 3.8) is 0 Å². The number of hydrogen-bond donors (Lipinski definition) is 1. The summed E-state index contributed by atoms with van der Waals surface area (Å²) < 4.78 is 7.42. The van der Waals surface area contributed by atoms with E-state index in [1.54, 1.807) is 19.6 Å². The van der Waals surface area contributed by atoms with Crippen molar-refractivity contribution >= 4 is 16.9 Å². The molecule has 0 saturated carbocycles. The molecule has 0 aliphatic heterocycles. The van der Waals surface area contributed by atoms with Crippen LogP contribution in [0.25, 0.3) is 16.7 Å². The number of hydrogen-bond acceptors (Lipinski definition) is 5. The lowest BCUT2D eigenvalue weighted by Crippen LogP contribution is -2.04. The minimum absolute atomic E-state index is 0.610. The van der Waals surface area contributed by atoms with Crippen LogP contribution in [0.15, 0.2) is 55.0 Å². The number of aryl methyl sites for hydroxylation is 1. The fraction of sp³-hybridized carbons (Fsp3) is 0.190. The normalized spacial score (nSPS) is 10.9. The fourth-order valence-corrected chi connectivity index (χ4v) is 3.26. The molecule has 0 bridgehead atoms. The molecule has 136 valence electrons. The third-order valence-corrected chi connectivity index (χ3v) is 4.79. The van der Waals surface area contributed by atoms with E-state index in [1.165, 1.54) is 0 Å². The molecule has 4 rings (SSSR count). The molecule has 6 heteroatoms. The first-order valence-electron chi connectivity index (χ1n) is 8.80. The summed E-state index contributed by atoms with van der Waals surface area (Å²) in [4.78, 5) is 13.4. The van der Waals surface area contributed by atoms with Crippen molar-refractivity contribution in [2.45, 2.75) is 20.4 Å². The smallest absolute Gasteiger partial charge is 0.150 e. The maximum absolute atomic E-state index is 5.27. The zero-order valence-electron chi connectivity index (χ0n) is 15.6. The van der Waals surface area contributed by atoms with Crippen molar-refractivity contribution < 1.29 is 4.74 Å². The highest BCUT2D eigenvalue weighted by molar-refractivity contribution is 5.93. The first-order chi connectivity index (χ1) is 13.2. The Labute approximate surface area is 157 Å². The molecule has 0 amide bonds. The number of benzene rings is 1. The lowest BCUT2D eigenvalue weighted by Gasteiger charge is -2.09. The Morgan fingerprint density at radius 1 is 1.00 bits per heavy atom. The molecule has 0 aliphatic rings. The predicted molar refractivity (Wildman–Crippen MR) is 106 cm³/mol. The number of fused-ring (bicyclic) bond motifs is 1. The first-order valence-corrected chi connectivity index (χ1v) is 8.80.